The van der Waals surface area contributed by atoms with Crippen LogP contribution in [0.1, 0.15) is 48.0 Å². The molecule has 2 amide bonds. The van der Waals surface area contributed by atoms with Crippen LogP contribution in [-0.2, 0) is 16.0 Å². The van der Waals surface area contributed by atoms with Crippen molar-refractivity contribution >= 4 is 17.5 Å². The van der Waals surface area contributed by atoms with Crippen molar-refractivity contribution in [3.63, 3.8) is 0 Å². The van der Waals surface area contributed by atoms with Crippen molar-refractivity contribution in [2.24, 2.45) is 0 Å². The number of hydrogen-bond acceptors (Lipinski definition) is 5. The number of anilines is 1. The Morgan fingerprint density at radius 2 is 1.91 bits per heavy atom. The number of benzene rings is 2. The van der Waals surface area contributed by atoms with Gasteiger partial charge in [-0.1, -0.05) is 18.2 Å². The van der Waals surface area contributed by atoms with Crippen molar-refractivity contribution < 1.29 is 23.8 Å². The van der Waals surface area contributed by atoms with Crippen molar-refractivity contribution in [1.29, 1.82) is 0 Å². The molecule has 7 nitrogen and oxygen atoms in total. The highest BCUT2D eigenvalue weighted by Gasteiger charge is 2.38. The minimum Gasteiger partial charge on any atom is -0.497 e. The van der Waals surface area contributed by atoms with Crippen LogP contribution in [0.2, 0.25) is 0 Å². The largest absolute Gasteiger partial charge is 0.497 e. The summed E-state index contributed by atoms with van der Waals surface area (Å²) in [7, 11) is 3.24. The number of carbonyl (C=O) groups is 2. The first-order chi connectivity index (χ1) is 16.1. The average Bonchev–Trinajstić information content (AvgIpc) is 2.86. The van der Waals surface area contributed by atoms with Gasteiger partial charge in [0.25, 0.3) is 5.91 Å². The van der Waals surface area contributed by atoms with Crippen LogP contribution in [0.25, 0.3) is 0 Å². The van der Waals surface area contributed by atoms with Crippen LogP contribution in [0.4, 0.5) is 5.69 Å². The van der Waals surface area contributed by atoms with Crippen molar-refractivity contribution in [2.45, 2.75) is 44.7 Å². The van der Waals surface area contributed by atoms with E-state index in [4.69, 9.17) is 14.2 Å². The van der Waals surface area contributed by atoms with E-state index in [9.17, 15) is 9.59 Å². The molecular formula is C26H32N2O5. The van der Waals surface area contributed by atoms with E-state index in [1.54, 1.807) is 32.4 Å². The first kappa shape index (κ1) is 23.1. The minimum absolute atomic E-state index is 0.0733. The van der Waals surface area contributed by atoms with Crippen LogP contribution in [0, 0.1) is 0 Å². The Morgan fingerprint density at radius 3 is 2.73 bits per heavy atom. The standard InChI is InChI=1S/C26H32N2O5/c1-31-16-7-17-33-23-18-20(32-2)12-13-21(23)26(30)27-15-6-5-10-24(27)28-22-9-4-3-8-19(22)11-14-25(28)29/h3-4,8-9,12-13,18,24H,5-7,10-11,14-17H2,1-2H3. The van der Waals surface area contributed by atoms with E-state index in [-0.39, 0.29) is 18.0 Å². The molecule has 0 saturated carbocycles. The molecule has 7 heteroatoms. The minimum atomic E-state index is -0.302. The molecule has 1 unspecified atom stereocenters. The fourth-order valence-electron chi connectivity index (χ4n) is 4.67. The molecule has 0 aromatic heterocycles. The van der Waals surface area contributed by atoms with E-state index in [0.717, 1.165) is 36.9 Å². The fourth-order valence-corrected chi connectivity index (χ4v) is 4.67. The molecule has 2 aliphatic heterocycles. The lowest BCUT2D eigenvalue weighted by molar-refractivity contribution is -0.120. The maximum atomic E-state index is 13.8. The smallest absolute Gasteiger partial charge is 0.259 e. The molecular weight excluding hydrogens is 420 g/mol. The van der Waals surface area contributed by atoms with Gasteiger partial charge in [0, 0.05) is 44.9 Å². The quantitative estimate of drug-likeness (QED) is 0.566. The molecule has 4 rings (SSSR count). The van der Waals surface area contributed by atoms with Crippen LogP contribution in [0.3, 0.4) is 0 Å². The molecule has 1 atom stereocenters. The van der Waals surface area contributed by atoms with Crippen LogP contribution in [0.5, 0.6) is 11.5 Å². The molecule has 2 heterocycles. The predicted octanol–water partition coefficient (Wildman–Crippen LogP) is 4.04. The Balaban J connectivity index is 1.64. The van der Waals surface area contributed by atoms with Crippen molar-refractivity contribution in [3.8, 4) is 11.5 Å². The molecule has 2 aromatic rings. The van der Waals surface area contributed by atoms with Crippen molar-refractivity contribution in [3.05, 3.63) is 53.6 Å². The van der Waals surface area contributed by atoms with Crippen LogP contribution < -0.4 is 14.4 Å². The Hall–Kier alpha value is -3.06. The molecule has 2 aromatic carbocycles. The molecule has 2 aliphatic rings. The number of piperidine rings is 1. The molecule has 33 heavy (non-hydrogen) atoms. The number of fused-ring (bicyclic) bond motifs is 1. The van der Waals surface area contributed by atoms with Crippen LogP contribution >= 0.6 is 0 Å². The molecule has 0 spiro atoms. The number of rotatable bonds is 8. The van der Waals surface area contributed by atoms with Gasteiger partial charge in [0.2, 0.25) is 5.91 Å². The molecule has 1 fully saturated rings. The number of nitrogens with zero attached hydrogens (tertiary/aromatic N) is 2. The van der Waals surface area contributed by atoms with Gasteiger partial charge in [-0.25, -0.2) is 0 Å². The fraction of sp³-hybridized carbons (Fsp3) is 0.462. The second kappa shape index (κ2) is 10.7. The third-order valence-corrected chi connectivity index (χ3v) is 6.33. The molecule has 176 valence electrons. The normalized spacial score (nSPS) is 18.1. The summed E-state index contributed by atoms with van der Waals surface area (Å²) in [5.74, 6) is 1.07. The number of ether oxygens (including phenoxy) is 3. The number of methoxy groups -OCH3 is 2. The summed E-state index contributed by atoms with van der Waals surface area (Å²) in [5, 5.41) is 0. The maximum Gasteiger partial charge on any atom is 0.259 e. The Bertz CT molecular complexity index is 992. The van der Waals surface area contributed by atoms with Crippen LogP contribution in [0.15, 0.2) is 42.5 Å². The topological polar surface area (TPSA) is 68.3 Å². The Labute approximate surface area is 195 Å². The van der Waals surface area contributed by atoms with Crippen molar-refractivity contribution in [1.82, 2.24) is 4.90 Å². The zero-order valence-corrected chi connectivity index (χ0v) is 19.4. The molecule has 0 aliphatic carbocycles. The third kappa shape index (κ3) is 4.98. The first-order valence-corrected chi connectivity index (χ1v) is 11.6. The summed E-state index contributed by atoms with van der Waals surface area (Å²) in [6, 6.07) is 13.3. The second-order valence-corrected chi connectivity index (χ2v) is 8.42. The van der Waals surface area contributed by atoms with Gasteiger partial charge in [-0.2, -0.15) is 0 Å². The summed E-state index contributed by atoms with van der Waals surface area (Å²) in [4.78, 5) is 30.6. The highest BCUT2D eigenvalue weighted by molar-refractivity contribution is 6.00. The van der Waals surface area contributed by atoms with E-state index >= 15 is 0 Å². The summed E-state index contributed by atoms with van der Waals surface area (Å²) in [6.07, 6.45) is 4.26. The lowest BCUT2D eigenvalue weighted by atomic mass is 9.97. The number of amides is 2. The molecule has 0 bridgehead atoms. The number of para-hydroxylation sites is 1. The van der Waals surface area contributed by atoms with Gasteiger partial charge in [-0.15, -0.1) is 0 Å². The van der Waals surface area contributed by atoms with Gasteiger partial charge in [-0.05, 0) is 49.4 Å². The first-order valence-electron chi connectivity index (χ1n) is 11.6. The number of carbonyl (C=O) groups excluding carboxylic acids is 2. The highest BCUT2D eigenvalue weighted by Crippen LogP contribution is 2.35. The second-order valence-electron chi connectivity index (χ2n) is 8.42. The highest BCUT2D eigenvalue weighted by atomic mass is 16.5. The van der Waals surface area contributed by atoms with E-state index in [0.29, 0.717) is 49.7 Å². The van der Waals surface area contributed by atoms with E-state index in [1.165, 1.54) is 0 Å². The molecule has 1 saturated heterocycles. The maximum absolute atomic E-state index is 13.8. The predicted molar refractivity (Wildman–Crippen MR) is 126 cm³/mol. The number of aryl methyl sites for hydroxylation is 1. The zero-order valence-electron chi connectivity index (χ0n) is 19.4. The lowest BCUT2D eigenvalue weighted by Crippen LogP contribution is -2.56. The van der Waals surface area contributed by atoms with E-state index in [1.807, 2.05) is 28.0 Å². The monoisotopic (exact) mass is 452 g/mol. The average molecular weight is 453 g/mol. The Kier molecular flexibility index (Phi) is 7.50. The summed E-state index contributed by atoms with van der Waals surface area (Å²) >= 11 is 0. The summed E-state index contributed by atoms with van der Waals surface area (Å²) in [6.45, 7) is 1.62. The van der Waals surface area contributed by atoms with E-state index < -0.39 is 0 Å². The third-order valence-electron chi connectivity index (χ3n) is 6.33. The number of hydrogen-bond donors (Lipinski definition) is 0. The van der Waals surface area contributed by atoms with Gasteiger partial charge < -0.3 is 19.1 Å². The van der Waals surface area contributed by atoms with E-state index in [2.05, 4.69) is 6.07 Å². The molecule has 0 N–H and O–H groups in total. The molecule has 0 radical (unpaired) electrons. The SMILES string of the molecule is COCCCOc1cc(OC)ccc1C(=O)N1CCCCC1N1C(=O)CCc2ccccc21. The van der Waals surface area contributed by atoms with Gasteiger partial charge in [0.15, 0.2) is 0 Å². The summed E-state index contributed by atoms with van der Waals surface area (Å²) < 4.78 is 16.4. The van der Waals surface area contributed by atoms with Crippen molar-refractivity contribution in [2.75, 3.05) is 38.9 Å². The van der Waals surface area contributed by atoms with Gasteiger partial charge >= 0.3 is 0 Å². The number of likely N-dealkylation sites (tertiary alicyclic amines) is 1. The van der Waals surface area contributed by atoms with Gasteiger partial charge in [-0.3, -0.25) is 14.5 Å². The van der Waals surface area contributed by atoms with Gasteiger partial charge in [0.05, 0.1) is 19.3 Å². The van der Waals surface area contributed by atoms with Crippen LogP contribution in [-0.4, -0.2) is 56.9 Å². The van der Waals surface area contributed by atoms with Gasteiger partial charge in [0.1, 0.15) is 17.7 Å². The Morgan fingerprint density at radius 1 is 1.06 bits per heavy atom. The lowest BCUT2D eigenvalue weighted by Gasteiger charge is -2.44. The zero-order chi connectivity index (χ0) is 23.2. The summed E-state index contributed by atoms with van der Waals surface area (Å²) in [5.41, 5.74) is 2.56.